The first kappa shape index (κ1) is 11.2. The minimum atomic E-state index is -0.436. The molecule has 0 heterocycles. The third kappa shape index (κ3) is 2.12. The first-order valence-corrected chi connectivity index (χ1v) is 4.95. The van der Waals surface area contributed by atoms with Gasteiger partial charge in [-0.15, -0.1) is 0 Å². The van der Waals surface area contributed by atoms with Gasteiger partial charge in [-0.05, 0) is 22.0 Å². The van der Waals surface area contributed by atoms with E-state index in [1.165, 1.54) is 19.2 Å². The predicted octanol–water partition coefficient (Wildman–Crippen LogP) is 3.19. The zero-order chi connectivity index (χ0) is 10.7. The van der Waals surface area contributed by atoms with Gasteiger partial charge in [0.05, 0.1) is 17.1 Å². The van der Waals surface area contributed by atoms with Crippen molar-refractivity contribution in [2.24, 2.45) is 0 Å². The molecule has 76 valence electrons. The van der Waals surface area contributed by atoms with Crippen LogP contribution in [0.25, 0.3) is 0 Å². The molecule has 0 N–H and O–H groups in total. The Balaban J connectivity index is 3.27. The van der Waals surface area contributed by atoms with Crippen LogP contribution < -0.4 is 4.74 Å². The largest absolute Gasteiger partial charge is 0.496 e. The maximum absolute atomic E-state index is 13.1. The van der Waals surface area contributed by atoms with E-state index >= 15 is 0 Å². The summed E-state index contributed by atoms with van der Waals surface area (Å²) < 4.78 is 18.3. The van der Waals surface area contributed by atoms with Gasteiger partial charge in [-0.25, -0.2) is 4.39 Å². The second-order valence-electron chi connectivity index (χ2n) is 2.74. The van der Waals surface area contributed by atoms with E-state index < -0.39 is 5.82 Å². The molecule has 1 aromatic carbocycles. The quantitative estimate of drug-likeness (QED) is 0.781. The van der Waals surface area contributed by atoms with Crippen molar-refractivity contribution in [2.75, 3.05) is 7.11 Å². The molecule has 0 amide bonds. The number of ether oxygens (including phenoxy) is 1. The molecule has 1 rings (SSSR count). The third-order valence-electron chi connectivity index (χ3n) is 1.86. The molecule has 0 aromatic heterocycles. The van der Waals surface area contributed by atoms with Crippen LogP contribution in [0.4, 0.5) is 4.39 Å². The topological polar surface area (TPSA) is 26.3 Å². The Hall–Kier alpha value is -0.900. The molecule has 0 atom stereocenters. The molecule has 0 spiro atoms. The summed E-state index contributed by atoms with van der Waals surface area (Å²) in [5.41, 5.74) is 0.406. The van der Waals surface area contributed by atoms with Gasteiger partial charge in [0.1, 0.15) is 11.6 Å². The second kappa shape index (κ2) is 4.55. The summed E-state index contributed by atoms with van der Waals surface area (Å²) in [5.74, 6) is -0.227. The number of ketones is 1. The molecule has 0 saturated carbocycles. The molecule has 4 heteroatoms. The Morgan fingerprint density at radius 2 is 2.21 bits per heavy atom. The molecule has 0 bridgehead atoms. The van der Waals surface area contributed by atoms with Crippen LogP contribution in [-0.4, -0.2) is 12.9 Å². The van der Waals surface area contributed by atoms with Crippen molar-refractivity contribution in [3.63, 3.8) is 0 Å². The number of Topliss-reactive ketones (excluding diaryl/α,β-unsaturated/α-hetero) is 1. The zero-order valence-electron chi connectivity index (χ0n) is 7.93. The first-order chi connectivity index (χ1) is 6.60. The Labute approximate surface area is 90.2 Å². The highest BCUT2D eigenvalue weighted by molar-refractivity contribution is 9.10. The number of hydrogen-bond donors (Lipinski definition) is 0. The van der Waals surface area contributed by atoms with Gasteiger partial charge >= 0.3 is 0 Å². The predicted molar refractivity (Wildman–Crippen MR) is 55.3 cm³/mol. The lowest BCUT2D eigenvalue weighted by Gasteiger charge is -2.07. The van der Waals surface area contributed by atoms with E-state index in [4.69, 9.17) is 4.74 Å². The van der Waals surface area contributed by atoms with Gasteiger partial charge < -0.3 is 4.74 Å². The molecule has 0 unspecified atom stereocenters. The van der Waals surface area contributed by atoms with Crippen molar-refractivity contribution < 1.29 is 13.9 Å². The smallest absolute Gasteiger partial charge is 0.166 e. The van der Waals surface area contributed by atoms with E-state index in [0.717, 1.165) is 0 Å². The summed E-state index contributed by atoms with van der Waals surface area (Å²) in [5, 5.41) is 0. The number of methoxy groups -OCH3 is 1. The van der Waals surface area contributed by atoms with Gasteiger partial charge in [-0.1, -0.05) is 6.92 Å². The van der Waals surface area contributed by atoms with Gasteiger partial charge in [-0.2, -0.15) is 0 Å². The van der Waals surface area contributed by atoms with Crippen LogP contribution in [0, 0.1) is 5.82 Å². The molecule has 0 radical (unpaired) electrons. The molecule has 1 aromatic rings. The van der Waals surface area contributed by atoms with E-state index in [1.54, 1.807) is 6.92 Å². The van der Waals surface area contributed by atoms with E-state index in [0.29, 0.717) is 12.0 Å². The fourth-order valence-corrected chi connectivity index (χ4v) is 1.45. The molecule has 0 saturated heterocycles. The number of hydrogen-bond acceptors (Lipinski definition) is 2. The standard InChI is InChI=1S/C10H10BrFO2/c1-3-9(13)6-4-7(11)8(12)5-10(6)14-2/h4-5H,3H2,1-2H3. The fourth-order valence-electron chi connectivity index (χ4n) is 1.11. The Kier molecular flexibility index (Phi) is 3.63. The average Bonchev–Trinajstić information content (AvgIpc) is 2.20. The summed E-state index contributed by atoms with van der Waals surface area (Å²) in [6.45, 7) is 1.75. The van der Waals surface area contributed by atoms with Crippen LogP contribution >= 0.6 is 15.9 Å². The zero-order valence-corrected chi connectivity index (χ0v) is 9.52. The average molecular weight is 261 g/mol. The maximum atomic E-state index is 13.1. The molecule has 14 heavy (non-hydrogen) atoms. The summed E-state index contributed by atoms with van der Waals surface area (Å²) >= 11 is 3.02. The van der Waals surface area contributed by atoms with Crippen LogP contribution in [0.15, 0.2) is 16.6 Å². The van der Waals surface area contributed by atoms with Crippen molar-refractivity contribution in [1.82, 2.24) is 0 Å². The van der Waals surface area contributed by atoms with Crippen LogP contribution in [0.3, 0.4) is 0 Å². The molecule has 0 fully saturated rings. The first-order valence-electron chi connectivity index (χ1n) is 4.16. The summed E-state index contributed by atoms with van der Waals surface area (Å²) in [6.07, 6.45) is 0.369. The third-order valence-corrected chi connectivity index (χ3v) is 2.47. The van der Waals surface area contributed by atoms with Gasteiger partial charge in [0, 0.05) is 12.5 Å². The summed E-state index contributed by atoms with van der Waals surface area (Å²) in [4.78, 5) is 11.4. The highest BCUT2D eigenvalue weighted by atomic mass is 79.9. The number of carbonyl (C=O) groups excluding carboxylic acids is 1. The van der Waals surface area contributed by atoms with Crippen LogP contribution in [0.5, 0.6) is 5.75 Å². The Morgan fingerprint density at radius 3 is 2.71 bits per heavy atom. The Morgan fingerprint density at radius 1 is 1.57 bits per heavy atom. The summed E-state index contributed by atoms with van der Waals surface area (Å²) in [7, 11) is 1.41. The lowest BCUT2D eigenvalue weighted by atomic mass is 10.1. The molecule has 0 aliphatic carbocycles. The second-order valence-corrected chi connectivity index (χ2v) is 3.60. The molecule has 2 nitrogen and oxygen atoms in total. The highest BCUT2D eigenvalue weighted by Gasteiger charge is 2.13. The van der Waals surface area contributed by atoms with Crippen LogP contribution in [0.1, 0.15) is 23.7 Å². The maximum Gasteiger partial charge on any atom is 0.166 e. The monoisotopic (exact) mass is 260 g/mol. The highest BCUT2D eigenvalue weighted by Crippen LogP contribution is 2.27. The van der Waals surface area contributed by atoms with Gasteiger partial charge in [0.15, 0.2) is 5.78 Å². The van der Waals surface area contributed by atoms with Gasteiger partial charge in [0.25, 0.3) is 0 Å². The van der Waals surface area contributed by atoms with E-state index in [2.05, 4.69) is 15.9 Å². The Bertz CT molecular complexity index is 363. The number of carbonyl (C=O) groups is 1. The number of benzene rings is 1. The SMILES string of the molecule is CCC(=O)c1cc(Br)c(F)cc1OC. The van der Waals surface area contributed by atoms with Crippen LogP contribution in [-0.2, 0) is 0 Å². The van der Waals surface area contributed by atoms with Gasteiger partial charge in [0.2, 0.25) is 0 Å². The van der Waals surface area contributed by atoms with E-state index in [9.17, 15) is 9.18 Å². The van der Waals surface area contributed by atoms with Crippen molar-refractivity contribution in [2.45, 2.75) is 13.3 Å². The fraction of sp³-hybridized carbons (Fsp3) is 0.300. The van der Waals surface area contributed by atoms with E-state index in [-0.39, 0.29) is 16.0 Å². The van der Waals surface area contributed by atoms with Crippen molar-refractivity contribution >= 4 is 21.7 Å². The normalized spacial score (nSPS) is 10.0. The lowest BCUT2D eigenvalue weighted by Crippen LogP contribution is -2.01. The molecule has 0 aliphatic rings. The van der Waals surface area contributed by atoms with E-state index in [1.807, 2.05) is 0 Å². The number of halogens is 2. The molecular formula is C10H10BrFO2. The van der Waals surface area contributed by atoms with Gasteiger partial charge in [-0.3, -0.25) is 4.79 Å². The minimum Gasteiger partial charge on any atom is -0.496 e. The lowest BCUT2D eigenvalue weighted by molar-refractivity contribution is 0.0985. The summed E-state index contributed by atoms with van der Waals surface area (Å²) in [6, 6.07) is 2.65. The van der Waals surface area contributed by atoms with Crippen molar-refractivity contribution in [3.05, 3.63) is 28.0 Å². The van der Waals surface area contributed by atoms with Crippen molar-refractivity contribution in [3.8, 4) is 5.75 Å². The molecule has 0 aliphatic heterocycles. The minimum absolute atomic E-state index is 0.0671. The number of rotatable bonds is 3. The van der Waals surface area contributed by atoms with Crippen LogP contribution in [0.2, 0.25) is 0 Å². The van der Waals surface area contributed by atoms with Crippen molar-refractivity contribution in [1.29, 1.82) is 0 Å². The molecular weight excluding hydrogens is 251 g/mol.